The van der Waals surface area contributed by atoms with Crippen molar-refractivity contribution in [1.82, 2.24) is 10.2 Å². The highest BCUT2D eigenvalue weighted by Crippen LogP contribution is 2.25. The Morgan fingerprint density at radius 1 is 1.33 bits per heavy atom. The molecule has 3 nitrogen and oxygen atoms in total. The van der Waals surface area contributed by atoms with E-state index in [0.717, 1.165) is 12.6 Å². The van der Waals surface area contributed by atoms with Gasteiger partial charge in [0.05, 0.1) is 6.04 Å². The number of phenols is 1. The number of halogens is 1. The van der Waals surface area contributed by atoms with Crippen LogP contribution in [0.1, 0.15) is 29.4 Å². The van der Waals surface area contributed by atoms with Crippen molar-refractivity contribution < 1.29 is 9.50 Å². The third kappa shape index (κ3) is 4.03. The first-order valence-electron chi connectivity index (χ1n) is 6.90. The number of nitrogens with one attached hydrogen (secondary N) is 1. The second kappa shape index (κ2) is 7.02. The topological polar surface area (TPSA) is 35.5 Å². The molecule has 2 unspecified atom stereocenters. The molecule has 0 amide bonds. The molecular weight excluding hydrogens is 287 g/mol. The largest absolute Gasteiger partial charge is 0.508 e. The van der Waals surface area contributed by atoms with Gasteiger partial charge < -0.3 is 15.3 Å². The third-order valence-electron chi connectivity index (χ3n) is 3.56. The lowest BCUT2D eigenvalue weighted by atomic mass is 10.1. The molecule has 2 atom stereocenters. The highest BCUT2D eigenvalue weighted by Gasteiger charge is 2.17. The van der Waals surface area contributed by atoms with Gasteiger partial charge in [-0.25, -0.2) is 4.39 Å². The van der Waals surface area contributed by atoms with Gasteiger partial charge in [0.2, 0.25) is 0 Å². The van der Waals surface area contributed by atoms with Gasteiger partial charge in [-0.15, -0.1) is 11.3 Å². The van der Waals surface area contributed by atoms with Crippen molar-refractivity contribution in [2.75, 3.05) is 20.6 Å². The summed E-state index contributed by atoms with van der Waals surface area (Å²) in [7, 11) is 4.08. The Morgan fingerprint density at radius 3 is 2.67 bits per heavy atom. The maximum atomic E-state index is 13.8. The number of thiophene rings is 1. The van der Waals surface area contributed by atoms with Crippen molar-refractivity contribution in [3.8, 4) is 5.75 Å². The lowest BCUT2D eigenvalue weighted by Crippen LogP contribution is -2.32. The Hall–Kier alpha value is -1.43. The van der Waals surface area contributed by atoms with Crippen molar-refractivity contribution in [2.45, 2.75) is 19.0 Å². The molecule has 2 rings (SSSR count). The smallest absolute Gasteiger partial charge is 0.131 e. The molecule has 2 N–H and O–H groups in total. The number of rotatable bonds is 6. The molecular formula is C16H21FN2OS. The summed E-state index contributed by atoms with van der Waals surface area (Å²) in [5.74, 6) is -0.430. The van der Waals surface area contributed by atoms with E-state index >= 15 is 0 Å². The van der Waals surface area contributed by atoms with Crippen LogP contribution in [0.3, 0.4) is 0 Å². The lowest BCUT2D eigenvalue weighted by molar-refractivity contribution is 0.285. The van der Waals surface area contributed by atoms with Crippen LogP contribution in [0.15, 0.2) is 35.7 Å². The van der Waals surface area contributed by atoms with E-state index in [2.05, 4.69) is 21.7 Å². The lowest BCUT2D eigenvalue weighted by Gasteiger charge is -2.26. The van der Waals surface area contributed by atoms with E-state index in [1.807, 2.05) is 27.1 Å². The monoisotopic (exact) mass is 308 g/mol. The van der Waals surface area contributed by atoms with E-state index in [1.165, 1.54) is 10.9 Å². The molecule has 0 aliphatic rings. The molecule has 1 aromatic heterocycles. The van der Waals surface area contributed by atoms with Crippen LogP contribution in [-0.4, -0.2) is 30.6 Å². The van der Waals surface area contributed by atoms with Gasteiger partial charge in [0.1, 0.15) is 11.6 Å². The number of aromatic hydroxyl groups is 1. The first kappa shape index (κ1) is 15.9. The standard InChI is InChI=1S/C16H21FN2OS/c1-11(13-7-6-12(20)9-14(13)17)18-10-15(19(2)3)16-5-4-8-21-16/h4-9,11,15,18,20H,10H2,1-3H3. The quantitative estimate of drug-likeness (QED) is 0.857. The fourth-order valence-corrected chi connectivity index (χ4v) is 3.21. The molecule has 2 aromatic rings. The Balaban J connectivity index is 2.03. The minimum atomic E-state index is -0.382. The molecule has 114 valence electrons. The number of benzene rings is 1. The van der Waals surface area contributed by atoms with Crippen molar-refractivity contribution in [3.05, 3.63) is 52.0 Å². The molecule has 0 aliphatic carbocycles. The zero-order chi connectivity index (χ0) is 15.4. The maximum absolute atomic E-state index is 13.8. The van der Waals surface area contributed by atoms with Crippen LogP contribution in [0, 0.1) is 5.82 Å². The summed E-state index contributed by atoms with van der Waals surface area (Å²) >= 11 is 1.72. The second-order valence-electron chi connectivity index (χ2n) is 5.33. The zero-order valence-corrected chi connectivity index (χ0v) is 13.3. The number of phenolic OH excluding ortho intramolecular Hbond substituents is 1. The molecule has 0 fully saturated rings. The van der Waals surface area contributed by atoms with Gasteiger partial charge >= 0.3 is 0 Å². The van der Waals surface area contributed by atoms with Crippen LogP contribution in [-0.2, 0) is 0 Å². The molecule has 0 bridgehead atoms. The molecule has 0 radical (unpaired) electrons. The predicted octanol–water partition coefficient (Wildman–Crippen LogP) is 3.55. The molecule has 0 saturated heterocycles. The fourth-order valence-electron chi connectivity index (χ4n) is 2.28. The average Bonchev–Trinajstić information content (AvgIpc) is 2.92. The van der Waals surface area contributed by atoms with Gasteiger partial charge in [-0.3, -0.25) is 0 Å². The van der Waals surface area contributed by atoms with Gasteiger partial charge in [0, 0.05) is 29.1 Å². The summed E-state index contributed by atoms with van der Waals surface area (Å²) in [5.41, 5.74) is 0.566. The van der Waals surface area contributed by atoms with E-state index in [-0.39, 0.29) is 23.7 Å². The van der Waals surface area contributed by atoms with E-state index in [4.69, 9.17) is 0 Å². The SMILES string of the molecule is CC(NCC(c1cccs1)N(C)C)c1ccc(O)cc1F. The number of nitrogens with zero attached hydrogens (tertiary/aromatic N) is 1. The van der Waals surface area contributed by atoms with Crippen LogP contribution in [0.4, 0.5) is 4.39 Å². The Morgan fingerprint density at radius 2 is 2.10 bits per heavy atom. The van der Waals surface area contributed by atoms with Crippen LogP contribution in [0.2, 0.25) is 0 Å². The molecule has 0 spiro atoms. The number of likely N-dealkylation sites (N-methyl/N-ethyl adjacent to an activating group) is 1. The van der Waals surface area contributed by atoms with Crippen LogP contribution in [0.25, 0.3) is 0 Å². The van der Waals surface area contributed by atoms with E-state index in [9.17, 15) is 9.50 Å². The first-order valence-corrected chi connectivity index (χ1v) is 7.78. The van der Waals surface area contributed by atoms with Crippen molar-refractivity contribution in [3.63, 3.8) is 0 Å². The zero-order valence-electron chi connectivity index (χ0n) is 12.5. The molecule has 5 heteroatoms. The average molecular weight is 308 g/mol. The van der Waals surface area contributed by atoms with Gasteiger partial charge in [0.25, 0.3) is 0 Å². The van der Waals surface area contributed by atoms with Gasteiger partial charge in [-0.2, -0.15) is 0 Å². The first-order chi connectivity index (χ1) is 9.99. The summed E-state index contributed by atoms with van der Waals surface area (Å²) in [6.07, 6.45) is 0. The van der Waals surface area contributed by atoms with Gasteiger partial charge in [-0.1, -0.05) is 12.1 Å². The van der Waals surface area contributed by atoms with Gasteiger partial charge in [0.15, 0.2) is 0 Å². The summed E-state index contributed by atoms with van der Waals surface area (Å²) in [5, 5.41) is 14.7. The summed E-state index contributed by atoms with van der Waals surface area (Å²) in [4.78, 5) is 3.43. The minimum Gasteiger partial charge on any atom is -0.508 e. The Labute approximate surface area is 129 Å². The van der Waals surface area contributed by atoms with Crippen molar-refractivity contribution in [1.29, 1.82) is 0 Å². The second-order valence-corrected chi connectivity index (χ2v) is 6.31. The molecule has 21 heavy (non-hydrogen) atoms. The summed E-state index contributed by atoms with van der Waals surface area (Å²) < 4.78 is 13.8. The van der Waals surface area contributed by atoms with Crippen LogP contribution in [0.5, 0.6) is 5.75 Å². The van der Waals surface area contributed by atoms with Crippen molar-refractivity contribution in [2.24, 2.45) is 0 Å². The van der Waals surface area contributed by atoms with Gasteiger partial charge in [-0.05, 0) is 38.5 Å². The molecule has 0 aliphatic heterocycles. The predicted molar refractivity (Wildman–Crippen MR) is 85.2 cm³/mol. The number of hydrogen-bond acceptors (Lipinski definition) is 4. The Kier molecular flexibility index (Phi) is 5.33. The van der Waals surface area contributed by atoms with E-state index in [1.54, 1.807) is 17.4 Å². The fraction of sp³-hybridized carbons (Fsp3) is 0.375. The maximum Gasteiger partial charge on any atom is 0.131 e. The normalized spacial score (nSPS) is 14.3. The third-order valence-corrected chi connectivity index (χ3v) is 4.54. The van der Waals surface area contributed by atoms with E-state index in [0.29, 0.717) is 5.56 Å². The molecule has 0 saturated carbocycles. The Bertz CT molecular complexity index is 572. The van der Waals surface area contributed by atoms with Crippen LogP contribution >= 0.6 is 11.3 Å². The highest BCUT2D eigenvalue weighted by molar-refractivity contribution is 7.10. The van der Waals surface area contributed by atoms with Crippen molar-refractivity contribution >= 4 is 11.3 Å². The summed E-state index contributed by atoms with van der Waals surface area (Å²) in [6, 6.07) is 8.58. The molecule has 1 heterocycles. The molecule has 1 aromatic carbocycles. The van der Waals surface area contributed by atoms with Crippen LogP contribution < -0.4 is 5.32 Å². The van der Waals surface area contributed by atoms with E-state index < -0.39 is 0 Å². The highest BCUT2D eigenvalue weighted by atomic mass is 32.1. The number of hydrogen-bond donors (Lipinski definition) is 2. The summed E-state index contributed by atoms with van der Waals surface area (Å²) in [6.45, 7) is 2.66. The minimum absolute atomic E-state index is 0.0480.